The Balaban J connectivity index is 3.90. The van der Waals surface area contributed by atoms with Crippen LogP contribution in [0.2, 0.25) is 0 Å². The van der Waals surface area contributed by atoms with Gasteiger partial charge in [0.25, 0.3) is 0 Å². The Bertz CT molecular complexity index is 510. The topological polar surface area (TPSA) is 69.6 Å². The van der Waals surface area contributed by atoms with Crippen molar-refractivity contribution in [1.82, 2.24) is 0 Å². The Hall–Kier alpha value is -2.17. The van der Waals surface area contributed by atoms with Crippen LogP contribution in [0.15, 0.2) is 72.9 Å². The van der Waals surface area contributed by atoms with Crippen LogP contribution in [0.3, 0.4) is 0 Å². The first-order valence-electron chi connectivity index (χ1n) is 9.14. The first-order valence-corrected chi connectivity index (χ1v) is 9.14. The van der Waals surface area contributed by atoms with E-state index in [9.17, 15) is 9.90 Å². The molecule has 0 fully saturated rings. The summed E-state index contributed by atoms with van der Waals surface area (Å²) in [4.78, 5) is 14.7. The van der Waals surface area contributed by atoms with E-state index in [1.54, 1.807) is 6.08 Å². The molecule has 0 aromatic carbocycles. The third kappa shape index (κ3) is 18.2. The number of carbonyl (C=O) groups excluding carboxylic acids is 1. The summed E-state index contributed by atoms with van der Waals surface area (Å²) in [6.45, 7) is 2.12. The molecule has 0 saturated carbocycles. The maximum Gasteiger partial charge on any atom is 0.115 e. The second-order valence-corrected chi connectivity index (χ2v) is 5.60. The molecule has 0 amide bonds. The number of aliphatic carboxylic acids is 1. The van der Waals surface area contributed by atoms with Crippen LogP contribution in [-0.4, -0.2) is 17.3 Å². The molecule has 0 rings (SSSR count). The van der Waals surface area contributed by atoms with Gasteiger partial charge in [-0.1, -0.05) is 79.8 Å². The molecule has 0 saturated heterocycles. The van der Waals surface area contributed by atoms with Crippen LogP contribution in [0.25, 0.3) is 0 Å². The smallest absolute Gasteiger partial charge is 0.115 e. The number of carbonyl (C=O) groups is 1. The molecule has 26 heavy (non-hydrogen) atoms. The highest BCUT2D eigenvalue weighted by Gasteiger charge is 1.99. The molecule has 0 spiro atoms. The summed E-state index contributed by atoms with van der Waals surface area (Å²) in [5.74, 6) is -1.03. The highest BCUT2D eigenvalue weighted by molar-refractivity contribution is 5.64. The van der Waals surface area contributed by atoms with E-state index in [-0.39, 0.29) is 12.5 Å². The van der Waals surface area contributed by atoms with Crippen LogP contribution in [0.5, 0.6) is 0 Å². The molecule has 0 bridgehead atoms. The van der Waals surface area contributed by atoms with E-state index in [0.29, 0.717) is 12.8 Å². The molecule has 0 aliphatic rings. The average molecular weight is 359 g/mol. The van der Waals surface area contributed by atoms with Crippen molar-refractivity contribution < 1.29 is 20.0 Å². The largest absolute Gasteiger partial charge is 0.550 e. The van der Waals surface area contributed by atoms with Crippen molar-refractivity contribution in [1.29, 1.82) is 0 Å². The van der Waals surface area contributed by atoms with Gasteiger partial charge in [0.1, 0.15) is 6.10 Å². The Kier molecular flexibility index (Phi) is 17.6. The molecular formula is C22H31O4-. The third-order valence-corrected chi connectivity index (χ3v) is 3.31. The van der Waals surface area contributed by atoms with Gasteiger partial charge in [0, 0.05) is 5.97 Å². The van der Waals surface area contributed by atoms with Gasteiger partial charge in [0.15, 0.2) is 0 Å². The monoisotopic (exact) mass is 359 g/mol. The Labute approximate surface area is 157 Å². The summed E-state index contributed by atoms with van der Waals surface area (Å²) >= 11 is 0. The third-order valence-electron chi connectivity index (χ3n) is 3.31. The van der Waals surface area contributed by atoms with Gasteiger partial charge in [-0.05, 0) is 44.9 Å². The molecule has 0 radical (unpaired) electrons. The van der Waals surface area contributed by atoms with Crippen LogP contribution >= 0.6 is 0 Å². The number of carboxylic acid groups (broad SMARTS) is 1. The van der Waals surface area contributed by atoms with Crippen molar-refractivity contribution in [2.75, 3.05) is 0 Å². The van der Waals surface area contributed by atoms with Crippen molar-refractivity contribution in [3.63, 3.8) is 0 Å². The molecule has 4 nitrogen and oxygen atoms in total. The van der Waals surface area contributed by atoms with Crippen molar-refractivity contribution in [3.05, 3.63) is 72.9 Å². The zero-order valence-corrected chi connectivity index (χ0v) is 15.6. The lowest BCUT2D eigenvalue weighted by molar-refractivity contribution is -0.305. The molecule has 1 atom stereocenters. The van der Waals surface area contributed by atoms with Gasteiger partial charge in [0.05, 0.1) is 0 Å². The van der Waals surface area contributed by atoms with Gasteiger partial charge in [-0.15, -0.1) is 0 Å². The van der Waals surface area contributed by atoms with E-state index in [4.69, 9.17) is 5.26 Å². The van der Waals surface area contributed by atoms with Crippen molar-refractivity contribution in [2.24, 2.45) is 0 Å². The van der Waals surface area contributed by atoms with Crippen molar-refractivity contribution >= 4 is 5.97 Å². The van der Waals surface area contributed by atoms with Crippen LogP contribution in [0.4, 0.5) is 0 Å². The number of allylic oxidation sites excluding steroid dienone is 10. The second-order valence-electron chi connectivity index (χ2n) is 5.60. The van der Waals surface area contributed by atoms with Crippen LogP contribution in [-0.2, 0) is 9.68 Å². The van der Waals surface area contributed by atoms with E-state index in [1.807, 2.05) is 42.5 Å². The molecule has 1 N–H and O–H groups in total. The van der Waals surface area contributed by atoms with E-state index >= 15 is 0 Å². The van der Waals surface area contributed by atoms with Crippen LogP contribution in [0, 0.1) is 0 Å². The van der Waals surface area contributed by atoms with Crippen molar-refractivity contribution in [2.45, 2.75) is 58.0 Å². The first-order chi connectivity index (χ1) is 12.7. The molecule has 0 heterocycles. The molecule has 0 aromatic heterocycles. The lowest BCUT2D eigenvalue weighted by atomic mass is 10.2. The minimum atomic E-state index is -1.03. The zero-order chi connectivity index (χ0) is 19.3. The maximum absolute atomic E-state index is 10.2. The van der Waals surface area contributed by atoms with E-state index in [1.165, 1.54) is 0 Å². The standard InChI is InChI=1S/C22H32O4/c1-2-3-4-5-6-7-9-12-15-18-21(26-25)19-16-13-10-8-11-14-17-20-22(23)24/h3-4,6-7,10-16,19,21,25H,2,5,8-9,17-18,20H2,1H3,(H,23,24)/p-1/b4-3-,7-6-,13-10-,14-11-,15-12-,19-16+/t21-/m0/s1. The van der Waals surface area contributed by atoms with Gasteiger partial charge in [-0.2, -0.15) is 0 Å². The highest BCUT2D eigenvalue weighted by Crippen LogP contribution is 2.02. The fourth-order valence-corrected chi connectivity index (χ4v) is 1.93. The highest BCUT2D eigenvalue weighted by atomic mass is 17.1. The van der Waals surface area contributed by atoms with Crippen LogP contribution < -0.4 is 5.11 Å². The summed E-state index contributed by atoms with van der Waals surface area (Å²) in [6, 6.07) is 0. The molecule has 0 unspecified atom stereocenters. The number of hydrogen-bond donors (Lipinski definition) is 1. The summed E-state index contributed by atoms with van der Waals surface area (Å²) in [5, 5.41) is 19.1. The Morgan fingerprint density at radius 3 is 2.19 bits per heavy atom. The van der Waals surface area contributed by atoms with E-state index < -0.39 is 5.97 Å². The van der Waals surface area contributed by atoms with E-state index in [2.05, 4.69) is 36.1 Å². The lowest BCUT2D eigenvalue weighted by Gasteiger charge is -2.03. The Morgan fingerprint density at radius 2 is 1.54 bits per heavy atom. The lowest BCUT2D eigenvalue weighted by Crippen LogP contribution is -2.21. The fraction of sp³-hybridized carbons (Fsp3) is 0.409. The van der Waals surface area contributed by atoms with Gasteiger partial charge < -0.3 is 9.90 Å². The predicted octanol–water partition coefficient (Wildman–Crippen LogP) is 4.68. The molecule has 144 valence electrons. The van der Waals surface area contributed by atoms with Gasteiger partial charge in [-0.3, -0.25) is 5.26 Å². The van der Waals surface area contributed by atoms with Crippen molar-refractivity contribution in [3.8, 4) is 0 Å². The number of carboxylic acids is 1. The summed E-state index contributed by atoms with van der Waals surface area (Å²) < 4.78 is 0. The normalized spacial score (nSPS) is 14.2. The minimum Gasteiger partial charge on any atom is -0.550 e. The Morgan fingerprint density at radius 1 is 0.923 bits per heavy atom. The average Bonchev–Trinajstić information content (AvgIpc) is 2.63. The number of hydrogen-bond acceptors (Lipinski definition) is 4. The first kappa shape index (κ1) is 23.8. The molecule has 0 aromatic rings. The zero-order valence-electron chi connectivity index (χ0n) is 15.6. The maximum atomic E-state index is 10.2. The van der Waals surface area contributed by atoms with Gasteiger partial charge in [-0.25, -0.2) is 4.89 Å². The summed E-state index contributed by atoms with van der Waals surface area (Å²) in [6.07, 6.45) is 28.1. The van der Waals surface area contributed by atoms with E-state index in [0.717, 1.165) is 25.7 Å². The van der Waals surface area contributed by atoms with Crippen LogP contribution in [0.1, 0.15) is 51.9 Å². The predicted molar refractivity (Wildman–Crippen MR) is 105 cm³/mol. The van der Waals surface area contributed by atoms with Gasteiger partial charge in [0.2, 0.25) is 0 Å². The fourth-order valence-electron chi connectivity index (χ4n) is 1.93. The second kappa shape index (κ2) is 19.2. The SMILES string of the molecule is CC/C=C\C/C=C\C/C=C\C[C@@H](/C=C/C=C\C/C=C\CCC(=O)[O-])OO. The minimum absolute atomic E-state index is 0.0504. The van der Waals surface area contributed by atoms with Gasteiger partial charge >= 0.3 is 0 Å². The molecule has 0 aliphatic heterocycles. The number of rotatable bonds is 15. The molecular weight excluding hydrogens is 328 g/mol. The molecule has 4 heteroatoms. The summed E-state index contributed by atoms with van der Waals surface area (Å²) in [5.41, 5.74) is 0. The summed E-state index contributed by atoms with van der Waals surface area (Å²) in [7, 11) is 0. The molecule has 0 aliphatic carbocycles. The quantitative estimate of drug-likeness (QED) is 0.199.